The van der Waals surface area contributed by atoms with Gasteiger partial charge in [0.15, 0.2) is 5.82 Å². The summed E-state index contributed by atoms with van der Waals surface area (Å²) in [5.74, 6) is 0.0889. The first-order valence-corrected chi connectivity index (χ1v) is 9.42. The van der Waals surface area contributed by atoms with E-state index in [0.717, 1.165) is 31.9 Å². The fourth-order valence-corrected chi connectivity index (χ4v) is 4.77. The molecule has 2 aliphatic rings. The second-order valence-corrected chi connectivity index (χ2v) is 8.16. The van der Waals surface area contributed by atoms with Crippen LogP contribution in [0.15, 0.2) is 4.79 Å². The highest BCUT2D eigenvalue weighted by atomic mass is 127. The van der Waals surface area contributed by atoms with Crippen LogP contribution in [0.2, 0.25) is 5.02 Å². The lowest BCUT2D eigenvalue weighted by atomic mass is 10.1. The smallest absolute Gasteiger partial charge is 0.359 e. The summed E-state index contributed by atoms with van der Waals surface area (Å²) in [4.78, 5) is 23.2. The summed E-state index contributed by atoms with van der Waals surface area (Å²) >= 11 is 8.36. The van der Waals surface area contributed by atoms with Crippen molar-refractivity contribution in [2.24, 2.45) is 0 Å². The van der Waals surface area contributed by atoms with Gasteiger partial charge in [-0.3, -0.25) is 0 Å². The first kappa shape index (κ1) is 17.3. The molecule has 4 rings (SSSR count). The van der Waals surface area contributed by atoms with Crippen molar-refractivity contribution in [3.8, 4) is 0 Å². The van der Waals surface area contributed by atoms with Crippen LogP contribution in [0.3, 0.4) is 0 Å². The third kappa shape index (κ3) is 2.44. The van der Waals surface area contributed by atoms with Crippen LogP contribution in [0.25, 0.3) is 10.9 Å². The minimum Gasteiger partial charge on any atom is -0.371 e. The van der Waals surface area contributed by atoms with Crippen molar-refractivity contribution in [2.75, 3.05) is 50.1 Å². The largest absolute Gasteiger partial charge is 0.371 e. The highest BCUT2D eigenvalue weighted by Gasteiger charge is 2.36. The molecule has 1 aromatic heterocycles. The van der Waals surface area contributed by atoms with Crippen molar-refractivity contribution >= 4 is 56.9 Å². The van der Waals surface area contributed by atoms with Gasteiger partial charge in [-0.15, -0.1) is 0 Å². The third-order valence-corrected chi connectivity index (χ3v) is 6.52. The first-order chi connectivity index (χ1) is 11.8. The normalized spacial score (nSPS) is 20.8. The Bertz CT molecular complexity index is 949. The Hall–Kier alpha value is -1.13. The highest BCUT2D eigenvalue weighted by molar-refractivity contribution is 14.1. The van der Waals surface area contributed by atoms with E-state index in [9.17, 15) is 4.79 Å². The lowest BCUT2D eigenvalue weighted by Gasteiger charge is -2.40. The summed E-state index contributed by atoms with van der Waals surface area (Å²) in [6.07, 6.45) is 0. The van der Waals surface area contributed by atoms with Gasteiger partial charge in [-0.25, -0.2) is 12.0 Å². The minimum atomic E-state index is -0.461. The van der Waals surface area contributed by atoms with Crippen LogP contribution < -0.4 is 15.5 Å². The number of rotatable bonds is 0. The van der Waals surface area contributed by atoms with Crippen molar-refractivity contribution in [1.29, 1.82) is 0 Å². The van der Waals surface area contributed by atoms with Crippen LogP contribution in [0.1, 0.15) is 5.56 Å². The molecule has 0 saturated carbocycles. The highest BCUT2D eigenvalue weighted by Crippen LogP contribution is 2.44. The van der Waals surface area contributed by atoms with Gasteiger partial charge >= 0.3 is 5.69 Å². The fourth-order valence-electron chi connectivity index (χ4n) is 3.88. The minimum absolute atomic E-state index is 0.163. The van der Waals surface area contributed by atoms with Gasteiger partial charge in [0.25, 0.3) is 0 Å². The van der Waals surface area contributed by atoms with Gasteiger partial charge in [0.1, 0.15) is 11.3 Å². The molecular formula is C16H18ClFIN5O. The standard InChI is InChI=1S/C16H18ClFIN5O/c1-8-11(17)13-10-14(12(8)18)24(19)16(25)20-15(10)23-5-4-21(2)6-9(23)7-22(13)3/h9H,4-7H2,1-3H3. The maximum absolute atomic E-state index is 15.0. The van der Waals surface area contributed by atoms with E-state index in [0.29, 0.717) is 21.8 Å². The Balaban J connectivity index is 2.15. The number of aromatic nitrogens is 2. The number of nitrogens with zero attached hydrogens (tertiary/aromatic N) is 5. The van der Waals surface area contributed by atoms with Crippen LogP contribution in [0.4, 0.5) is 15.9 Å². The second kappa shape index (κ2) is 5.95. The predicted molar refractivity (Wildman–Crippen MR) is 107 cm³/mol. The molecule has 25 heavy (non-hydrogen) atoms. The van der Waals surface area contributed by atoms with E-state index >= 15 is 4.39 Å². The number of fused-ring (bicyclic) bond motifs is 2. The number of piperazine rings is 1. The molecule has 134 valence electrons. The molecule has 3 heterocycles. The Morgan fingerprint density at radius 3 is 2.72 bits per heavy atom. The zero-order valence-corrected chi connectivity index (χ0v) is 17.1. The number of benzene rings is 1. The Kier molecular flexibility index (Phi) is 4.12. The number of likely N-dealkylation sites (N-methyl/N-ethyl adjacent to an activating group) is 2. The van der Waals surface area contributed by atoms with Crippen molar-refractivity contribution in [3.05, 3.63) is 26.9 Å². The van der Waals surface area contributed by atoms with Gasteiger partial charge in [0.2, 0.25) is 0 Å². The summed E-state index contributed by atoms with van der Waals surface area (Å²) in [5.41, 5.74) is 0.909. The fraction of sp³-hybridized carbons (Fsp3) is 0.500. The summed E-state index contributed by atoms with van der Waals surface area (Å²) in [5, 5.41) is 1.01. The van der Waals surface area contributed by atoms with Crippen LogP contribution >= 0.6 is 34.5 Å². The van der Waals surface area contributed by atoms with Crippen LogP contribution in [0.5, 0.6) is 0 Å². The van der Waals surface area contributed by atoms with E-state index in [-0.39, 0.29) is 11.6 Å². The Morgan fingerprint density at radius 1 is 1.28 bits per heavy atom. The maximum atomic E-state index is 15.0. The van der Waals surface area contributed by atoms with Crippen molar-refractivity contribution in [2.45, 2.75) is 13.0 Å². The van der Waals surface area contributed by atoms with Crippen LogP contribution in [-0.4, -0.2) is 59.0 Å². The topological polar surface area (TPSA) is 44.6 Å². The molecule has 0 N–H and O–H groups in total. The molecule has 0 bridgehead atoms. The summed E-state index contributed by atoms with van der Waals surface area (Å²) in [6, 6.07) is 0.163. The lowest BCUT2D eigenvalue weighted by molar-refractivity contribution is 0.268. The van der Waals surface area contributed by atoms with E-state index in [1.807, 2.05) is 29.9 Å². The molecule has 2 aromatic rings. The average molecular weight is 478 g/mol. The van der Waals surface area contributed by atoms with Crippen molar-refractivity contribution in [1.82, 2.24) is 12.7 Å². The maximum Gasteiger partial charge on any atom is 0.359 e. The van der Waals surface area contributed by atoms with Gasteiger partial charge in [-0.1, -0.05) is 11.6 Å². The SMILES string of the molecule is Cc1c(Cl)c2c3c(nc(=O)n(I)c3c1F)N1CCN(C)CC1CN2C. The Morgan fingerprint density at radius 2 is 2.00 bits per heavy atom. The molecule has 6 nitrogen and oxygen atoms in total. The van der Waals surface area contributed by atoms with Gasteiger partial charge in [-0.05, 0) is 14.0 Å². The van der Waals surface area contributed by atoms with E-state index in [4.69, 9.17) is 11.6 Å². The second-order valence-electron chi connectivity index (χ2n) is 6.81. The molecule has 1 unspecified atom stereocenters. The van der Waals surface area contributed by atoms with E-state index in [1.54, 1.807) is 6.92 Å². The van der Waals surface area contributed by atoms with E-state index in [2.05, 4.69) is 26.7 Å². The molecule has 0 amide bonds. The molecular weight excluding hydrogens is 460 g/mol. The number of hydrogen-bond acceptors (Lipinski definition) is 5. The molecule has 1 saturated heterocycles. The summed E-state index contributed by atoms with van der Waals surface area (Å²) < 4.78 is 16.3. The van der Waals surface area contributed by atoms with E-state index < -0.39 is 11.5 Å². The Labute approximate surface area is 163 Å². The van der Waals surface area contributed by atoms with Gasteiger partial charge in [0.05, 0.1) is 45.0 Å². The zero-order chi connectivity index (χ0) is 18.0. The number of halogens is 3. The molecule has 1 aromatic carbocycles. The summed E-state index contributed by atoms with van der Waals surface area (Å²) in [6.45, 7) is 4.85. The van der Waals surface area contributed by atoms with Crippen molar-refractivity contribution < 1.29 is 4.39 Å². The van der Waals surface area contributed by atoms with E-state index in [1.165, 1.54) is 2.78 Å². The lowest BCUT2D eigenvalue weighted by Crippen LogP contribution is -2.55. The molecule has 1 atom stereocenters. The molecule has 1 fully saturated rings. The quantitative estimate of drug-likeness (QED) is 0.545. The van der Waals surface area contributed by atoms with Crippen LogP contribution in [0, 0.1) is 12.7 Å². The van der Waals surface area contributed by atoms with Crippen molar-refractivity contribution in [3.63, 3.8) is 0 Å². The molecule has 9 heteroatoms. The monoisotopic (exact) mass is 477 g/mol. The van der Waals surface area contributed by atoms with Crippen LogP contribution in [-0.2, 0) is 0 Å². The number of hydrogen-bond donors (Lipinski definition) is 0. The molecule has 0 spiro atoms. The van der Waals surface area contributed by atoms with Gasteiger partial charge in [-0.2, -0.15) is 4.98 Å². The third-order valence-electron chi connectivity index (χ3n) is 5.16. The molecule has 0 radical (unpaired) electrons. The van der Waals surface area contributed by atoms with Gasteiger partial charge in [0, 0.05) is 38.8 Å². The first-order valence-electron chi connectivity index (χ1n) is 8.08. The molecule has 0 aliphatic carbocycles. The van der Waals surface area contributed by atoms with Gasteiger partial charge < -0.3 is 14.7 Å². The average Bonchev–Trinajstić information content (AvgIpc) is 2.67. The number of anilines is 2. The molecule has 2 aliphatic heterocycles. The zero-order valence-electron chi connectivity index (χ0n) is 14.2. The predicted octanol–water partition coefficient (Wildman–Crippen LogP) is 2.27. The summed E-state index contributed by atoms with van der Waals surface area (Å²) in [7, 11) is 4.04.